The van der Waals surface area contributed by atoms with E-state index in [1.807, 2.05) is 0 Å². The lowest BCUT2D eigenvalue weighted by Gasteiger charge is -2.24. The number of hydrogen-bond acceptors (Lipinski definition) is 1. The van der Waals surface area contributed by atoms with E-state index in [9.17, 15) is 0 Å². The number of aryl methyl sites for hydroxylation is 1. The zero-order chi connectivity index (χ0) is 19.0. The molecule has 1 nitrogen and oxygen atoms in total. The molecular formula is C26H27N. The average Bonchev–Trinajstić information content (AvgIpc) is 3.05. The van der Waals surface area contributed by atoms with Gasteiger partial charge in [0.05, 0.1) is 0 Å². The van der Waals surface area contributed by atoms with Gasteiger partial charge < -0.3 is 5.32 Å². The summed E-state index contributed by atoms with van der Waals surface area (Å²) in [5.41, 5.74) is 10.4. The van der Waals surface area contributed by atoms with Gasteiger partial charge in [-0.05, 0) is 53.8 Å². The fraction of sp³-hybridized carbons (Fsp3) is 0.231. The Balaban J connectivity index is 1.78. The minimum absolute atomic E-state index is 0.0158. The highest BCUT2D eigenvalue weighted by Crippen LogP contribution is 2.39. The van der Waals surface area contributed by atoms with Gasteiger partial charge in [-0.1, -0.05) is 74.5 Å². The van der Waals surface area contributed by atoms with Gasteiger partial charge >= 0.3 is 0 Å². The van der Waals surface area contributed by atoms with Crippen molar-refractivity contribution in [3.05, 3.63) is 106 Å². The predicted molar refractivity (Wildman–Crippen MR) is 117 cm³/mol. The molecule has 27 heavy (non-hydrogen) atoms. The topological polar surface area (TPSA) is 12.0 Å². The maximum Gasteiger partial charge on any atom is 0.0384 e. The Hall–Kier alpha value is -2.80. The molecule has 0 heterocycles. The molecule has 0 saturated heterocycles. The van der Waals surface area contributed by atoms with Crippen LogP contribution in [-0.2, 0) is 5.41 Å². The molecule has 0 saturated carbocycles. The number of nitrogens with one attached hydrogen (secondary N) is 1. The van der Waals surface area contributed by atoms with E-state index in [1.54, 1.807) is 0 Å². The first-order chi connectivity index (χ1) is 12.9. The van der Waals surface area contributed by atoms with Crippen LogP contribution in [0, 0.1) is 6.92 Å². The number of benzene rings is 2. The maximum absolute atomic E-state index is 3.66. The standard InChI is InChI=1S/C26H27N/c1-18-9-7-10-21(15-18)27-25-14-8-12-23(25)20-16-19(2)22-11-5-6-13-24(22)26(3,4)17-20/h5-13,15-17,27H,14H2,1-4H3. The van der Waals surface area contributed by atoms with Gasteiger partial charge in [-0.15, -0.1) is 0 Å². The van der Waals surface area contributed by atoms with E-state index in [4.69, 9.17) is 0 Å². The molecule has 2 aromatic rings. The van der Waals surface area contributed by atoms with Gasteiger partial charge in [-0.3, -0.25) is 0 Å². The lowest BCUT2D eigenvalue weighted by Crippen LogP contribution is -2.15. The average molecular weight is 354 g/mol. The van der Waals surface area contributed by atoms with Gasteiger partial charge in [0.15, 0.2) is 0 Å². The van der Waals surface area contributed by atoms with Gasteiger partial charge in [-0.2, -0.15) is 0 Å². The van der Waals surface area contributed by atoms with E-state index in [0.717, 1.165) is 12.1 Å². The van der Waals surface area contributed by atoms with Crippen molar-refractivity contribution in [1.82, 2.24) is 0 Å². The molecule has 1 N–H and O–H groups in total. The molecule has 0 aromatic heterocycles. The highest BCUT2D eigenvalue weighted by atomic mass is 14.9. The third-order valence-electron chi connectivity index (χ3n) is 5.49. The highest BCUT2D eigenvalue weighted by Gasteiger charge is 2.26. The largest absolute Gasteiger partial charge is 0.358 e. The van der Waals surface area contributed by atoms with Crippen LogP contribution in [0.5, 0.6) is 0 Å². The van der Waals surface area contributed by atoms with Gasteiger partial charge in [0, 0.05) is 28.8 Å². The van der Waals surface area contributed by atoms with E-state index < -0.39 is 0 Å². The molecule has 0 bridgehead atoms. The number of anilines is 1. The molecule has 0 spiro atoms. The van der Waals surface area contributed by atoms with Crippen molar-refractivity contribution in [1.29, 1.82) is 0 Å². The molecule has 2 aromatic carbocycles. The molecule has 0 amide bonds. The van der Waals surface area contributed by atoms with Crippen molar-refractivity contribution in [2.75, 3.05) is 5.32 Å². The Morgan fingerprint density at radius 3 is 2.59 bits per heavy atom. The summed E-state index contributed by atoms with van der Waals surface area (Å²) in [4.78, 5) is 0. The van der Waals surface area contributed by atoms with Crippen LogP contribution in [0.15, 0.2) is 89.7 Å². The summed E-state index contributed by atoms with van der Waals surface area (Å²) in [6, 6.07) is 17.4. The fourth-order valence-corrected chi connectivity index (χ4v) is 4.15. The summed E-state index contributed by atoms with van der Waals surface area (Å²) in [5, 5.41) is 3.66. The Bertz CT molecular complexity index is 1010. The van der Waals surface area contributed by atoms with E-state index in [0.29, 0.717) is 0 Å². The third kappa shape index (κ3) is 3.42. The minimum atomic E-state index is -0.0158. The van der Waals surface area contributed by atoms with E-state index >= 15 is 0 Å². The number of hydrogen-bond donors (Lipinski definition) is 1. The second-order valence-electron chi connectivity index (χ2n) is 8.19. The highest BCUT2D eigenvalue weighted by molar-refractivity contribution is 5.75. The SMILES string of the molecule is CC1=CC(C2=C(Nc3cccc(C)c3)CC=C2)=CC(C)(C)c2ccccc21. The van der Waals surface area contributed by atoms with Crippen molar-refractivity contribution < 1.29 is 0 Å². The molecule has 2 aliphatic carbocycles. The first-order valence-electron chi connectivity index (χ1n) is 9.69. The molecule has 0 atom stereocenters. The van der Waals surface area contributed by atoms with E-state index in [1.165, 1.54) is 39.1 Å². The van der Waals surface area contributed by atoms with Gasteiger partial charge in [0.2, 0.25) is 0 Å². The van der Waals surface area contributed by atoms with Crippen LogP contribution in [-0.4, -0.2) is 0 Å². The summed E-state index contributed by atoms with van der Waals surface area (Å²) >= 11 is 0. The monoisotopic (exact) mass is 353 g/mol. The number of allylic oxidation sites excluding steroid dienone is 7. The molecule has 4 rings (SSSR count). The predicted octanol–water partition coefficient (Wildman–Crippen LogP) is 6.94. The fourth-order valence-electron chi connectivity index (χ4n) is 4.15. The second kappa shape index (κ2) is 6.74. The van der Waals surface area contributed by atoms with Gasteiger partial charge in [-0.25, -0.2) is 0 Å². The maximum atomic E-state index is 3.66. The lowest BCUT2D eigenvalue weighted by atomic mass is 9.80. The Morgan fingerprint density at radius 1 is 0.963 bits per heavy atom. The summed E-state index contributed by atoms with van der Waals surface area (Å²) < 4.78 is 0. The molecule has 0 fully saturated rings. The van der Waals surface area contributed by atoms with E-state index in [2.05, 4.69) is 106 Å². The molecule has 1 heteroatoms. The van der Waals surface area contributed by atoms with Gasteiger partial charge in [0.25, 0.3) is 0 Å². The molecule has 2 aliphatic rings. The van der Waals surface area contributed by atoms with Crippen LogP contribution in [0.2, 0.25) is 0 Å². The number of fused-ring (bicyclic) bond motifs is 1. The van der Waals surface area contributed by atoms with Crippen molar-refractivity contribution >= 4 is 11.3 Å². The molecule has 0 radical (unpaired) electrons. The van der Waals surface area contributed by atoms with Crippen LogP contribution in [0.25, 0.3) is 5.57 Å². The Kier molecular flexibility index (Phi) is 4.39. The summed E-state index contributed by atoms with van der Waals surface area (Å²) in [7, 11) is 0. The second-order valence-corrected chi connectivity index (χ2v) is 8.19. The van der Waals surface area contributed by atoms with Crippen LogP contribution < -0.4 is 5.32 Å². The van der Waals surface area contributed by atoms with Crippen molar-refractivity contribution in [3.63, 3.8) is 0 Å². The molecule has 136 valence electrons. The quantitative estimate of drug-likeness (QED) is 0.630. The van der Waals surface area contributed by atoms with Crippen LogP contribution in [0.1, 0.15) is 43.9 Å². The van der Waals surface area contributed by atoms with Gasteiger partial charge in [0.1, 0.15) is 0 Å². The summed E-state index contributed by atoms with van der Waals surface area (Å²) in [6.07, 6.45) is 10.2. The van der Waals surface area contributed by atoms with Crippen LogP contribution >= 0.6 is 0 Å². The zero-order valence-corrected chi connectivity index (χ0v) is 16.6. The lowest BCUT2D eigenvalue weighted by molar-refractivity contribution is 0.666. The minimum Gasteiger partial charge on any atom is -0.358 e. The van der Waals surface area contributed by atoms with Crippen molar-refractivity contribution in [3.8, 4) is 0 Å². The smallest absolute Gasteiger partial charge is 0.0384 e. The van der Waals surface area contributed by atoms with Crippen LogP contribution in [0.3, 0.4) is 0 Å². The van der Waals surface area contributed by atoms with Crippen LogP contribution in [0.4, 0.5) is 5.69 Å². The molecule has 0 aliphatic heterocycles. The molecular weight excluding hydrogens is 326 g/mol. The first-order valence-corrected chi connectivity index (χ1v) is 9.69. The third-order valence-corrected chi connectivity index (χ3v) is 5.49. The summed E-state index contributed by atoms with van der Waals surface area (Å²) in [5.74, 6) is 0. The normalized spacial score (nSPS) is 17.9. The van der Waals surface area contributed by atoms with Crippen molar-refractivity contribution in [2.45, 2.75) is 39.5 Å². The summed E-state index contributed by atoms with van der Waals surface area (Å²) in [6.45, 7) is 8.98. The first kappa shape index (κ1) is 17.6. The Labute approximate surface area is 162 Å². The Morgan fingerprint density at radius 2 is 1.78 bits per heavy atom. The van der Waals surface area contributed by atoms with Crippen molar-refractivity contribution in [2.24, 2.45) is 0 Å². The van der Waals surface area contributed by atoms with E-state index in [-0.39, 0.29) is 5.41 Å². The number of rotatable bonds is 3. The molecule has 0 unspecified atom stereocenters. The zero-order valence-electron chi connectivity index (χ0n) is 16.6.